The predicted octanol–water partition coefficient (Wildman–Crippen LogP) is 1.04. The van der Waals surface area contributed by atoms with E-state index in [1.807, 2.05) is 0 Å². The summed E-state index contributed by atoms with van der Waals surface area (Å²) in [6, 6.07) is 4.42. The van der Waals surface area contributed by atoms with E-state index >= 15 is 0 Å². The summed E-state index contributed by atoms with van der Waals surface area (Å²) in [4.78, 5) is 23.8. The average molecular weight is 281 g/mol. The average Bonchev–Trinajstić information content (AvgIpc) is 2.47. The molecule has 7 heteroatoms. The number of methoxy groups -OCH3 is 2. The number of hydrogen-bond donors (Lipinski definition) is 2. The van der Waals surface area contributed by atoms with Gasteiger partial charge in [0.25, 0.3) is 0 Å². The summed E-state index contributed by atoms with van der Waals surface area (Å²) in [7, 11) is 3.03. The van der Waals surface area contributed by atoms with Gasteiger partial charge in [-0.25, -0.2) is 4.79 Å². The maximum Gasteiger partial charge on any atom is 0.328 e. The highest BCUT2D eigenvalue weighted by Crippen LogP contribution is 2.29. The van der Waals surface area contributed by atoms with E-state index in [4.69, 9.17) is 15.2 Å². The third-order valence-electron chi connectivity index (χ3n) is 2.63. The van der Waals surface area contributed by atoms with Crippen molar-refractivity contribution in [2.24, 2.45) is 5.73 Å². The molecule has 0 aliphatic rings. The summed E-state index contributed by atoms with van der Waals surface area (Å²) in [5.74, 6) is 1.05. The van der Waals surface area contributed by atoms with Gasteiger partial charge in [-0.15, -0.1) is 0 Å². The van der Waals surface area contributed by atoms with Crippen molar-refractivity contribution < 1.29 is 19.1 Å². The number of nitrogens with one attached hydrogen (secondary N) is 1. The number of benzene rings is 1. The first-order chi connectivity index (χ1) is 9.65. The number of carbonyl (C=O) groups excluding carboxylic acids is 2. The molecule has 3 N–H and O–H groups in total. The van der Waals surface area contributed by atoms with Crippen molar-refractivity contribution in [3.05, 3.63) is 18.2 Å². The number of carbonyl (C=O) groups is 2. The Kier molecular flexibility index (Phi) is 6.31. The standard InChI is InChI=1S/C13H19N3O4/c1-19-11-5-4-10(8-12(11)20-2)15-13(18)16(9-17)7-3-6-14/h4-5,8-9H,3,6-7,14H2,1-2H3,(H,15,18). The first-order valence-corrected chi connectivity index (χ1v) is 6.11. The van der Waals surface area contributed by atoms with Crippen LogP contribution in [0.1, 0.15) is 6.42 Å². The molecule has 0 aliphatic heterocycles. The summed E-state index contributed by atoms with van der Waals surface area (Å²) < 4.78 is 10.2. The number of amides is 3. The second-order valence-electron chi connectivity index (χ2n) is 3.94. The zero-order valence-electron chi connectivity index (χ0n) is 11.6. The van der Waals surface area contributed by atoms with Crippen molar-refractivity contribution in [2.45, 2.75) is 6.42 Å². The largest absolute Gasteiger partial charge is 0.493 e. The Morgan fingerprint density at radius 3 is 2.60 bits per heavy atom. The Bertz CT molecular complexity index is 465. The van der Waals surface area contributed by atoms with Gasteiger partial charge in [0.1, 0.15) is 0 Å². The van der Waals surface area contributed by atoms with Gasteiger partial charge in [-0.3, -0.25) is 9.69 Å². The van der Waals surface area contributed by atoms with E-state index in [9.17, 15) is 9.59 Å². The van der Waals surface area contributed by atoms with Crippen molar-refractivity contribution in [3.8, 4) is 11.5 Å². The molecule has 0 unspecified atom stereocenters. The van der Waals surface area contributed by atoms with E-state index in [1.54, 1.807) is 18.2 Å². The molecule has 110 valence electrons. The molecular weight excluding hydrogens is 262 g/mol. The summed E-state index contributed by atoms with van der Waals surface area (Å²) in [5, 5.41) is 2.61. The normalized spacial score (nSPS) is 9.75. The van der Waals surface area contributed by atoms with Crippen LogP contribution < -0.4 is 20.5 Å². The number of imide groups is 1. The number of urea groups is 1. The minimum absolute atomic E-state index is 0.277. The lowest BCUT2D eigenvalue weighted by Crippen LogP contribution is -2.35. The highest BCUT2D eigenvalue weighted by molar-refractivity contribution is 5.95. The van der Waals surface area contributed by atoms with Crippen LogP contribution in [0.3, 0.4) is 0 Å². The Morgan fingerprint density at radius 1 is 1.35 bits per heavy atom. The lowest BCUT2D eigenvalue weighted by atomic mass is 10.2. The maximum absolute atomic E-state index is 11.9. The molecule has 7 nitrogen and oxygen atoms in total. The van der Waals surface area contributed by atoms with E-state index in [0.717, 1.165) is 4.90 Å². The lowest BCUT2D eigenvalue weighted by molar-refractivity contribution is -0.115. The minimum atomic E-state index is -0.513. The van der Waals surface area contributed by atoms with Crippen LogP contribution in [-0.2, 0) is 4.79 Å². The van der Waals surface area contributed by atoms with Gasteiger partial charge < -0.3 is 20.5 Å². The van der Waals surface area contributed by atoms with Crippen molar-refractivity contribution in [3.63, 3.8) is 0 Å². The second-order valence-corrected chi connectivity index (χ2v) is 3.94. The van der Waals surface area contributed by atoms with Crippen molar-refractivity contribution in [1.29, 1.82) is 0 Å². The molecule has 20 heavy (non-hydrogen) atoms. The summed E-state index contributed by atoms with van der Waals surface area (Å²) >= 11 is 0. The molecule has 0 heterocycles. The number of anilines is 1. The first kappa shape index (κ1) is 15.8. The molecule has 0 bridgehead atoms. The Balaban J connectivity index is 2.76. The fraction of sp³-hybridized carbons (Fsp3) is 0.385. The van der Waals surface area contributed by atoms with Crippen LogP contribution in [0, 0.1) is 0 Å². The van der Waals surface area contributed by atoms with Crippen LogP contribution in [0.5, 0.6) is 11.5 Å². The smallest absolute Gasteiger partial charge is 0.328 e. The van der Waals surface area contributed by atoms with Crippen molar-refractivity contribution in [1.82, 2.24) is 4.90 Å². The Hall–Kier alpha value is -2.28. The van der Waals surface area contributed by atoms with E-state index < -0.39 is 6.03 Å². The molecule has 0 fully saturated rings. The van der Waals surface area contributed by atoms with E-state index in [1.165, 1.54) is 14.2 Å². The summed E-state index contributed by atoms with van der Waals surface area (Å²) in [6.07, 6.45) is 1.03. The third kappa shape index (κ3) is 4.13. The predicted molar refractivity (Wildman–Crippen MR) is 75.0 cm³/mol. The van der Waals surface area contributed by atoms with Gasteiger partial charge >= 0.3 is 6.03 Å². The van der Waals surface area contributed by atoms with Crippen molar-refractivity contribution in [2.75, 3.05) is 32.6 Å². The topological polar surface area (TPSA) is 93.9 Å². The van der Waals surface area contributed by atoms with Crippen LogP contribution >= 0.6 is 0 Å². The molecule has 0 aromatic heterocycles. The zero-order valence-corrected chi connectivity index (χ0v) is 11.6. The number of hydrogen-bond acceptors (Lipinski definition) is 5. The number of nitrogens with zero attached hydrogens (tertiary/aromatic N) is 1. The van der Waals surface area contributed by atoms with E-state index in [0.29, 0.717) is 36.6 Å². The molecule has 0 atom stereocenters. The molecule has 3 amide bonds. The SMILES string of the molecule is COc1ccc(NC(=O)N(C=O)CCCN)cc1OC. The van der Waals surface area contributed by atoms with Crippen LogP contribution in [0.4, 0.5) is 10.5 Å². The van der Waals surface area contributed by atoms with Crippen LogP contribution in [-0.4, -0.2) is 44.7 Å². The van der Waals surface area contributed by atoms with Gasteiger partial charge in [-0.2, -0.15) is 0 Å². The minimum Gasteiger partial charge on any atom is -0.493 e. The summed E-state index contributed by atoms with van der Waals surface area (Å²) in [5.41, 5.74) is 5.86. The molecule has 0 radical (unpaired) electrons. The fourth-order valence-electron chi connectivity index (χ4n) is 1.57. The van der Waals surface area contributed by atoms with E-state index in [-0.39, 0.29) is 6.54 Å². The molecule has 0 spiro atoms. The number of ether oxygens (including phenoxy) is 2. The molecule has 0 saturated heterocycles. The molecular formula is C13H19N3O4. The monoisotopic (exact) mass is 281 g/mol. The second kappa shape index (κ2) is 8.00. The Morgan fingerprint density at radius 2 is 2.05 bits per heavy atom. The van der Waals surface area contributed by atoms with Crippen LogP contribution in [0.15, 0.2) is 18.2 Å². The van der Waals surface area contributed by atoms with Crippen molar-refractivity contribution >= 4 is 18.1 Å². The van der Waals surface area contributed by atoms with Gasteiger partial charge in [0.15, 0.2) is 11.5 Å². The third-order valence-corrected chi connectivity index (χ3v) is 2.63. The van der Waals surface area contributed by atoms with Gasteiger partial charge in [-0.05, 0) is 25.1 Å². The van der Waals surface area contributed by atoms with Gasteiger partial charge in [0.05, 0.1) is 14.2 Å². The molecule has 0 aliphatic carbocycles. The van der Waals surface area contributed by atoms with Gasteiger partial charge in [-0.1, -0.05) is 0 Å². The highest BCUT2D eigenvalue weighted by Gasteiger charge is 2.13. The molecule has 1 aromatic rings. The van der Waals surface area contributed by atoms with E-state index in [2.05, 4.69) is 5.32 Å². The first-order valence-electron chi connectivity index (χ1n) is 6.11. The zero-order chi connectivity index (χ0) is 15.0. The van der Waals surface area contributed by atoms with Gasteiger partial charge in [0, 0.05) is 18.3 Å². The molecule has 0 saturated carbocycles. The van der Waals surface area contributed by atoms with Crippen LogP contribution in [0.2, 0.25) is 0 Å². The summed E-state index contributed by atoms with van der Waals surface area (Å²) in [6.45, 7) is 0.688. The molecule has 1 rings (SSSR count). The number of rotatable bonds is 7. The lowest BCUT2D eigenvalue weighted by Gasteiger charge is -2.16. The quantitative estimate of drug-likeness (QED) is 0.728. The maximum atomic E-state index is 11.9. The fourth-order valence-corrected chi connectivity index (χ4v) is 1.57. The van der Waals surface area contributed by atoms with Crippen LogP contribution in [0.25, 0.3) is 0 Å². The highest BCUT2D eigenvalue weighted by atomic mass is 16.5. The number of nitrogens with two attached hydrogens (primary N) is 1. The van der Waals surface area contributed by atoms with Gasteiger partial charge in [0.2, 0.25) is 6.41 Å². The Labute approximate surface area is 117 Å². The molecule has 1 aromatic carbocycles.